The third-order valence-electron chi connectivity index (χ3n) is 1.83. The Kier molecular flexibility index (Phi) is 6.11. The van der Waals surface area contributed by atoms with E-state index in [9.17, 15) is 0 Å². The highest BCUT2D eigenvalue weighted by Crippen LogP contribution is 2.11. The molecule has 1 heteroatoms. The molecule has 0 amide bonds. The summed E-state index contributed by atoms with van der Waals surface area (Å²) in [7, 11) is -1.26. The van der Waals surface area contributed by atoms with E-state index in [0.29, 0.717) is 0 Å². The van der Waals surface area contributed by atoms with Gasteiger partial charge >= 0.3 is 0 Å². The first kappa shape index (κ1) is 12.1. The summed E-state index contributed by atoms with van der Waals surface area (Å²) in [6.07, 6.45) is 11.0. The average Bonchev–Trinajstić information content (AvgIpc) is 2.09. The Morgan fingerprint density at radius 1 is 1.31 bits per heavy atom. The predicted octanol–water partition coefficient (Wildman–Crippen LogP) is 3.23. The fraction of sp³-hybridized carbons (Fsp3) is 0.500. The summed E-state index contributed by atoms with van der Waals surface area (Å²) in [6.45, 7) is 6.83. The third kappa shape index (κ3) is 7.44. The molecular weight excluding hydrogens is 172 g/mol. The molecule has 0 saturated heterocycles. The van der Waals surface area contributed by atoms with Gasteiger partial charge in [-0.25, -0.2) is 0 Å². The number of hydrogen-bond acceptors (Lipinski definition) is 0. The largest absolute Gasteiger partial charge is 0.132 e. The standard InChI is InChI=1S/C12H18Si/c1-5-7-9-10-12-13(3,4)11-8-6-2/h1,7,9H,6,8,11H2,2-4H3. The van der Waals surface area contributed by atoms with Crippen LogP contribution in [0.1, 0.15) is 19.8 Å². The third-order valence-corrected chi connectivity index (χ3v) is 4.25. The summed E-state index contributed by atoms with van der Waals surface area (Å²) in [5, 5.41) is 0. The Bertz CT molecular complexity index is 255. The van der Waals surface area contributed by atoms with Gasteiger partial charge in [-0.1, -0.05) is 44.7 Å². The molecule has 0 bridgehead atoms. The number of terminal acetylenes is 1. The lowest BCUT2D eigenvalue weighted by Gasteiger charge is -2.12. The van der Waals surface area contributed by atoms with E-state index in [4.69, 9.17) is 6.42 Å². The molecule has 0 aromatic carbocycles. The maximum atomic E-state index is 5.07. The maximum absolute atomic E-state index is 5.07. The van der Waals surface area contributed by atoms with E-state index < -0.39 is 8.07 Å². The summed E-state index contributed by atoms with van der Waals surface area (Å²) in [5.74, 6) is 5.45. The minimum atomic E-state index is -1.26. The van der Waals surface area contributed by atoms with Crippen LogP contribution in [0.15, 0.2) is 12.2 Å². The molecule has 0 heterocycles. The van der Waals surface area contributed by atoms with Crippen LogP contribution in [-0.2, 0) is 0 Å². The topological polar surface area (TPSA) is 0 Å². The van der Waals surface area contributed by atoms with Crippen molar-refractivity contribution < 1.29 is 0 Å². The first-order valence-electron chi connectivity index (χ1n) is 4.76. The van der Waals surface area contributed by atoms with Crippen LogP contribution < -0.4 is 0 Å². The zero-order chi connectivity index (χ0) is 10.2. The van der Waals surface area contributed by atoms with Crippen molar-refractivity contribution in [2.24, 2.45) is 0 Å². The molecule has 0 radical (unpaired) electrons. The molecule has 0 aliphatic rings. The highest BCUT2D eigenvalue weighted by molar-refractivity contribution is 6.85. The Morgan fingerprint density at radius 3 is 2.54 bits per heavy atom. The molecule has 0 unspecified atom stereocenters. The zero-order valence-electron chi connectivity index (χ0n) is 8.85. The van der Waals surface area contributed by atoms with Gasteiger partial charge in [-0.05, 0) is 18.2 Å². The molecule has 0 aliphatic heterocycles. The molecule has 0 aromatic heterocycles. The van der Waals surface area contributed by atoms with Gasteiger partial charge in [0.05, 0.1) is 0 Å². The van der Waals surface area contributed by atoms with Gasteiger partial charge in [0.15, 0.2) is 0 Å². The van der Waals surface area contributed by atoms with Crippen LogP contribution in [0.3, 0.4) is 0 Å². The predicted molar refractivity (Wildman–Crippen MR) is 62.9 cm³/mol. The van der Waals surface area contributed by atoms with E-state index >= 15 is 0 Å². The molecule has 70 valence electrons. The van der Waals surface area contributed by atoms with Crippen LogP contribution in [0.5, 0.6) is 0 Å². The molecule has 0 aromatic rings. The van der Waals surface area contributed by atoms with Gasteiger partial charge in [0.1, 0.15) is 8.07 Å². The first-order valence-corrected chi connectivity index (χ1v) is 7.97. The van der Waals surface area contributed by atoms with Crippen LogP contribution in [0.4, 0.5) is 0 Å². The Hall–Kier alpha value is -0.923. The van der Waals surface area contributed by atoms with E-state index in [0.717, 1.165) is 0 Å². The smallest absolute Gasteiger partial charge is 0.127 e. The molecule has 0 rings (SSSR count). The van der Waals surface area contributed by atoms with Gasteiger partial charge in [-0.2, -0.15) is 0 Å². The molecule has 0 saturated carbocycles. The number of allylic oxidation sites excluding steroid dienone is 2. The number of unbranched alkanes of at least 4 members (excludes halogenated alkanes) is 1. The van der Waals surface area contributed by atoms with Gasteiger partial charge in [-0.15, -0.1) is 12.0 Å². The van der Waals surface area contributed by atoms with E-state index in [2.05, 4.69) is 37.4 Å². The normalized spacial score (nSPS) is 10.6. The minimum Gasteiger partial charge on any atom is -0.127 e. The lowest BCUT2D eigenvalue weighted by atomic mass is 10.4. The Morgan fingerprint density at radius 2 is 2.00 bits per heavy atom. The minimum absolute atomic E-state index is 1.26. The van der Waals surface area contributed by atoms with Crippen molar-refractivity contribution in [3.8, 4) is 23.8 Å². The van der Waals surface area contributed by atoms with Crippen molar-refractivity contribution in [1.82, 2.24) is 0 Å². The van der Waals surface area contributed by atoms with Crippen LogP contribution in [0.2, 0.25) is 19.1 Å². The van der Waals surface area contributed by atoms with Crippen molar-refractivity contribution in [1.29, 1.82) is 0 Å². The highest BCUT2D eigenvalue weighted by atomic mass is 28.3. The van der Waals surface area contributed by atoms with Crippen LogP contribution in [0, 0.1) is 23.8 Å². The quantitative estimate of drug-likeness (QED) is 0.473. The van der Waals surface area contributed by atoms with Crippen molar-refractivity contribution >= 4 is 8.07 Å². The van der Waals surface area contributed by atoms with Gasteiger partial charge in [-0.3, -0.25) is 0 Å². The number of rotatable bonds is 3. The Labute approximate surface area is 83.4 Å². The van der Waals surface area contributed by atoms with Gasteiger partial charge in [0.25, 0.3) is 0 Å². The molecule has 0 atom stereocenters. The van der Waals surface area contributed by atoms with Gasteiger partial charge in [0, 0.05) is 0 Å². The van der Waals surface area contributed by atoms with E-state index in [1.165, 1.54) is 18.9 Å². The molecule has 13 heavy (non-hydrogen) atoms. The molecule has 0 fully saturated rings. The maximum Gasteiger partial charge on any atom is 0.132 e. The number of hydrogen-bond donors (Lipinski definition) is 0. The summed E-state index contributed by atoms with van der Waals surface area (Å²) in [6, 6.07) is 1.29. The molecular formula is C12H18Si. The second kappa shape index (κ2) is 6.58. The Balaban J connectivity index is 4.05. The second-order valence-corrected chi connectivity index (χ2v) is 8.27. The van der Waals surface area contributed by atoms with E-state index in [-0.39, 0.29) is 0 Å². The highest BCUT2D eigenvalue weighted by Gasteiger charge is 2.15. The van der Waals surface area contributed by atoms with Crippen LogP contribution in [0.25, 0.3) is 0 Å². The second-order valence-electron chi connectivity index (χ2n) is 3.76. The van der Waals surface area contributed by atoms with Crippen molar-refractivity contribution in [3.05, 3.63) is 12.2 Å². The average molecular weight is 190 g/mol. The van der Waals surface area contributed by atoms with Crippen molar-refractivity contribution in [2.75, 3.05) is 0 Å². The fourth-order valence-electron chi connectivity index (χ4n) is 1.01. The van der Waals surface area contributed by atoms with Gasteiger partial charge < -0.3 is 0 Å². The van der Waals surface area contributed by atoms with E-state index in [1.54, 1.807) is 12.2 Å². The van der Waals surface area contributed by atoms with Crippen LogP contribution >= 0.6 is 0 Å². The molecule has 0 aliphatic carbocycles. The van der Waals surface area contributed by atoms with E-state index in [1.807, 2.05) is 0 Å². The van der Waals surface area contributed by atoms with Gasteiger partial charge in [0.2, 0.25) is 0 Å². The van der Waals surface area contributed by atoms with Crippen molar-refractivity contribution in [2.45, 2.75) is 38.9 Å². The summed E-state index contributed by atoms with van der Waals surface area (Å²) < 4.78 is 0. The molecule has 0 nitrogen and oxygen atoms in total. The summed E-state index contributed by atoms with van der Waals surface area (Å²) in [4.78, 5) is 0. The first-order chi connectivity index (χ1) is 6.12. The fourth-order valence-corrected chi connectivity index (χ4v) is 2.84. The van der Waals surface area contributed by atoms with Crippen LogP contribution in [-0.4, -0.2) is 8.07 Å². The summed E-state index contributed by atoms with van der Waals surface area (Å²) in [5.41, 5.74) is 3.34. The SMILES string of the molecule is C#CC=CC#C[Si](C)(C)CCCC. The molecule has 0 spiro atoms. The summed E-state index contributed by atoms with van der Waals surface area (Å²) >= 11 is 0. The zero-order valence-corrected chi connectivity index (χ0v) is 9.85. The van der Waals surface area contributed by atoms with Crippen molar-refractivity contribution in [3.63, 3.8) is 0 Å². The molecule has 0 N–H and O–H groups in total. The lowest BCUT2D eigenvalue weighted by molar-refractivity contribution is 0.871. The monoisotopic (exact) mass is 190 g/mol. The lowest BCUT2D eigenvalue weighted by Crippen LogP contribution is -2.22.